The molecule has 1 heterocycles. The van der Waals surface area contributed by atoms with Crippen molar-refractivity contribution in [1.82, 2.24) is 0 Å². The molecule has 0 radical (unpaired) electrons. The zero-order valence-corrected chi connectivity index (χ0v) is 13.4. The number of nitrogens with two attached hydrogens (primary N) is 1. The highest BCUT2D eigenvalue weighted by Gasteiger charge is 2.55. The first kappa shape index (κ1) is 15.3. The first-order valence-electron chi connectivity index (χ1n) is 8.73. The van der Waals surface area contributed by atoms with Crippen molar-refractivity contribution < 1.29 is 9.84 Å². The van der Waals surface area contributed by atoms with Gasteiger partial charge in [0.25, 0.3) is 0 Å². The van der Waals surface area contributed by atoms with E-state index in [0.717, 1.165) is 32.1 Å². The van der Waals surface area contributed by atoms with Crippen LogP contribution in [0.15, 0.2) is 4.99 Å². The Morgan fingerprint density at radius 3 is 2.57 bits per heavy atom. The van der Waals surface area contributed by atoms with Crippen LogP contribution in [0, 0.1) is 11.8 Å². The van der Waals surface area contributed by atoms with E-state index in [2.05, 4.69) is 18.8 Å². The summed E-state index contributed by atoms with van der Waals surface area (Å²) < 4.78 is 6.01. The summed E-state index contributed by atoms with van der Waals surface area (Å²) in [5.74, 6) is 0.968. The molecule has 0 aromatic carbocycles. The first-order valence-corrected chi connectivity index (χ1v) is 8.73. The van der Waals surface area contributed by atoms with Gasteiger partial charge >= 0.3 is 0 Å². The minimum absolute atomic E-state index is 0.165. The molecule has 0 bridgehead atoms. The van der Waals surface area contributed by atoms with E-state index in [-0.39, 0.29) is 24.2 Å². The summed E-state index contributed by atoms with van der Waals surface area (Å²) in [4.78, 5) is 4.64. The number of rotatable bonds is 3. The summed E-state index contributed by atoms with van der Waals surface area (Å²) in [5, 5.41) is 11.4. The van der Waals surface area contributed by atoms with Gasteiger partial charge < -0.3 is 15.6 Å². The molecule has 0 spiro atoms. The summed E-state index contributed by atoms with van der Waals surface area (Å²) in [7, 11) is 0. The molecule has 4 heteroatoms. The maximum Gasteiger partial charge on any atom is 0.129 e. The molecular weight excluding hydrogens is 264 g/mol. The third-order valence-corrected chi connectivity index (χ3v) is 5.74. The van der Waals surface area contributed by atoms with Crippen molar-refractivity contribution in [2.45, 2.75) is 89.1 Å². The summed E-state index contributed by atoms with van der Waals surface area (Å²) in [6.07, 6.45) is 9.33. The van der Waals surface area contributed by atoms with Crippen LogP contribution in [0.5, 0.6) is 0 Å². The Bertz CT molecular complexity index is 404. The molecular formula is C17H30N2O2. The second kappa shape index (κ2) is 5.88. The summed E-state index contributed by atoms with van der Waals surface area (Å²) in [5.41, 5.74) is 5.34. The van der Waals surface area contributed by atoms with Crippen LogP contribution in [0.25, 0.3) is 0 Å². The smallest absolute Gasteiger partial charge is 0.129 e. The van der Waals surface area contributed by atoms with E-state index in [4.69, 9.17) is 10.5 Å². The summed E-state index contributed by atoms with van der Waals surface area (Å²) >= 11 is 0. The number of hydrogen-bond acceptors (Lipinski definition) is 4. The van der Waals surface area contributed by atoms with Crippen LogP contribution in [0.4, 0.5) is 0 Å². The minimum atomic E-state index is -0.871. The lowest BCUT2D eigenvalue weighted by molar-refractivity contribution is -0.0789. The molecule has 3 N–H and O–H groups in total. The Morgan fingerprint density at radius 1 is 1.19 bits per heavy atom. The molecule has 3 rings (SSSR count). The maximum absolute atomic E-state index is 11.4. The zero-order chi connectivity index (χ0) is 15.0. The average molecular weight is 294 g/mol. The molecule has 120 valence electrons. The van der Waals surface area contributed by atoms with Crippen LogP contribution in [0.2, 0.25) is 0 Å². The van der Waals surface area contributed by atoms with Gasteiger partial charge in [0, 0.05) is 5.92 Å². The summed E-state index contributed by atoms with van der Waals surface area (Å²) in [6.45, 7) is 4.16. The second-order valence-electron chi connectivity index (χ2n) is 7.47. The molecule has 4 unspecified atom stereocenters. The number of aliphatic hydroxyl groups is 1. The SMILES string of the molecule is CC(C)OC1CCC2N=C(N)C(O)(C3CCCCC3)C2C1. The summed E-state index contributed by atoms with van der Waals surface area (Å²) in [6, 6.07) is 0.212. The lowest BCUT2D eigenvalue weighted by Crippen LogP contribution is -2.55. The van der Waals surface area contributed by atoms with E-state index in [1.807, 2.05) is 0 Å². The van der Waals surface area contributed by atoms with Crippen molar-refractivity contribution in [2.75, 3.05) is 0 Å². The number of ether oxygens (including phenoxy) is 1. The van der Waals surface area contributed by atoms with Gasteiger partial charge in [-0.3, -0.25) is 4.99 Å². The number of aliphatic imine (C=N–C) groups is 1. The Hall–Kier alpha value is -0.610. The van der Waals surface area contributed by atoms with Gasteiger partial charge in [-0.25, -0.2) is 0 Å². The minimum Gasteiger partial charge on any atom is -0.385 e. The first-order chi connectivity index (χ1) is 10.0. The van der Waals surface area contributed by atoms with Crippen LogP contribution in [0.1, 0.15) is 65.2 Å². The number of hydrogen-bond donors (Lipinski definition) is 2. The second-order valence-corrected chi connectivity index (χ2v) is 7.47. The quantitative estimate of drug-likeness (QED) is 0.841. The Labute approximate surface area is 128 Å². The van der Waals surface area contributed by atoms with Crippen molar-refractivity contribution in [3.8, 4) is 0 Å². The van der Waals surface area contributed by atoms with Crippen LogP contribution < -0.4 is 5.73 Å². The third-order valence-electron chi connectivity index (χ3n) is 5.74. The van der Waals surface area contributed by atoms with Gasteiger partial charge in [0.2, 0.25) is 0 Å². The van der Waals surface area contributed by atoms with Crippen LogP contribution in [0.3, 0.4) is 0 Å². The number of nitrogens with zero attached hydrogens (tertiary/aromatic N) is 1. The van der Waals surface area contributed by atoms with Gasteiger partial charge in [-0.05, 0) is 51.9 Å². The molecule has 2 saturated carbocycles. The molecule has 0 amide bonds. The topological polar surface area (TPSA) is 67.8 Å². The number of amidine groups is 1. The van der Waals surface area contributed by atoms with Crippen LogP contribution in [-0.2, 0) is 4.74 Å². The van der Waals surface area contributed by atoms with E-state index < -0.39 is 5.60 Å². The molecule has 21 heavy (non-hydrogen) atoms. The molecule has 4 nitrogen and oxygen atoms in total. The van der Waals surface area contributed by atoms with E-state index >= 15 is 0 Å². The maximum atomic E-state index is 11.4. The van der Waals surface area contributed by atoms with Crippen molar-refractivity contribution in [2.24, 2.45) is 22.6 Å². The highest BCUT2D eigenvalue weighted by atomic mass is 16.5. The van der Waals surface area contributed by atoms with E-state index in [9.17, 15) is 5.11 Å². The standard InChI is InChI=1S/C17H30N2O2/c1-11(2)21-13-8-9-15-14(10-13)17(20,16(18)19-15)12-6-4-3-5-7-12/h11-15,20H,3-10H2,1-2H3,(H2,18,19). The van der Waals surface area contributed by atoms with Gasteiger partial charge in [-0.2, -0.15) is 0 Å². The average Bonchev–Trinajstić information content (AvgIpc) is 2.72. The van der Waals surface area contributed by atoms with Gasteiger partial charge in [0.05, 0.1) is 18.2 Å². The lowest BCUT2D eigenvalue weighted by Gasteiger charge is -2.44. The van der Waals surface area contributed by atoms with Crippen molar-refractivity contribution in [3.05, 3.63) is 0 Å². The normalized spacial score (nSPS) is 41.1. The fourth-order valence-electron chi connectivity index (χ4n) is 4.78. The van der Waals surface area contributed by atoms with Gasteiger partial charge in [-0.15, -0.1) is 0 Å². The molecule has 4 atom stereocenters. The molecule has 2 aliphatic carbocycles. The molecule has 0 aromatic rings. The fourth-order valence-corrected chi connectivity index (χ4v) is 4.78. The molecule has 0 saturated heterocycles. The fraction of sp³-hybridized carbons (Fsp3) is 0.941. The third kappa shape index (κ3) is 2.72. The highest BCUT2D eigenvalue weighted by Crippen LogP contribution is 2.48. The van der Waals surface area contributed by atoms with Crippen molar-refractivity contribution in [3.63, 3.8) is 0 Å². The Balaban J connectivity index is 1.77. The monoisotopic (exact) mass is 294 g/mol. The van der Waals surface area contributed by atoms with Crippen LogP contribution in [-0.4, -0.2) is 34.8 Å². The Morgan fingerprint density at radius 2 is 1.90 bits per heavy atom. The van der Waals surface area contributed by atoms with Crippen LogP contribution >= 0.6 is 0 Å². The molecule has 0 aromatic heterocycles. The lowest BCUT2D eigenvalue weighted by atomic mass is 9.65. The van der Waals surface area contributed by atoms with Crippen molar-refractivity contribution >= 4 is 5.84 Å². The molecule has 2 fully saturated rings. The van der Waals surface area contributed by atoms with E-state index in [1.165, 1.54) is 19.3 Å². The van der Waals surface area contributed by atoms with Gasteiger partial charge in [-0.1, -0.05) is 19.3 Å². The van der Waals surface area contributed by atoms with E-state index in [1.54, 1.807) is 0 Å². The van der Waals surface area contributed by atoms with Gasteiger partial charge in [0.1, 0.15) is 11.4 Å². The highest BCUT2D eigenvalue weighted by molar-refractivity contribution is 5.91. The van der Waals surface area contributed by atoms with Gasteiger partial charge in [0.15, 0.2) is 0 Å². The largest absolute Gasteiger partial charge is 0.385 e. The zero-order valence-electron chi connectivity index (χ0n) is 13.4. The van der Waals surface area contributed by atoms with Crippen molar-refractivity contribution in [1.29, 1.82) is 0 Å². The predicted octanol–water partition coefficient (Wildman–Crippen LogP) is 2.63. The molecule has 1 aliphatic heterocycles. The predicted molar refractivity (Wildman–Crippen MR) is 84.3 cm³/mol. The van der Waals surface area contributed by atoms with E-state index in [0.29, 0.717) is 11.8 Å². The number of fused-ring (bicyclic) bond motifs is 1. The molecule has 3 aliphatic rings. The Kier molecular flexibility index (Phi) is 4.28.